The molecule has 5 rings (SSSR count). The molecule has 0 unspecified atom stereocenters. The van der Waals surface area contributed by atoms with Crippen molar-refractivity contribution in [2.45, 2.75) is 6.54 Å². The monoisotopic (exact) mass is 456 g/mol. The topological polar surface area (TPSA) is 81.0 Å². The fourth-order valence-corrected chi connectivity index (χ4v) is 3.96. The van der Waals surface area contributed by atoms with Gasteiger partial charge in [0.2, 0.25) is 6.79 Å². The summed E-state index contributed by atoms with van der Waals surface area (Å²) in [5.41, 5.74) is 1.20. The fraction of sp³-hybridized carbons (Fsp3) is 0.0909. The van der Waals surface area contributed by atoms with Gasteiger partial charge in [0.15, 0.2) is 11.5 Å². The molecular weight excluding hydrogens is 443 g/mol. The number of carbonyl (C=O) groups excluding carboxylic acids is 2. The van der Waals surface area contributed by atoms with Gasteiger partial charge in [0, 0.05) is 22.3 Å². The highest BCUT2D eigenvalue weighted by atomic mass is 35.5. The van der Waals surface area contributed by atoms with Gasteiger partial charge in [-0.3, -0.25) is 14.5 Å². The van der Waals surface area contributed by atoms with Gasteiger partial charge in [0.05, 0.1) is 23.4 Å². The summed E-state index contributed by atoms with van der Waals surface area (Å²) in [5, 5.41) is 3.74. The van der Waals surface area contributed by atoms with Crippen LogP contribution in [0.4, 0.5) is 5.69 Å². The Labute approximate surface area is 186 Å². The highest BCUT2D eigenvalue weighted by molar-refractivity contribution is 6.41. The lowest BCUT2D eigenvalue weighted by molar-refractivity contribution is -0.137. The largest absolute Gasteiger partial charge is 0.467 e. The van der Waals surface area contributed by atoms with E-state index in [1.165, 1.54) is 12.3 Å². The van der Waals surface area contributed by atoms with E-state index >= 15 is 0 Å². The number of hydrogen-bond acceptors (Lipinski definition) is 6. The molecule has 1 aromatic heterocycles. The van der Waals surface area contributed by atoms with Crippen LogP contribution in [0.25, 0.3) is 5.57 Å². The molecule has 2 aliphatic rings. The summed E-state index contributed by atoms with van der Waals surface area (Å²) in [4.78, 5) is 27.7. The van der Waals surface area contributed by atoms with E-state index in [1.54, 1.807) is 42.5 Å². The lowest BCUT2D eigenvalue weighted by Crippen LogP contribution is -2.31. The quantitative estimate of drug-likeness (QED) is 0.560. The molecule has 2 aromatic carbocycles. The average molecular weight is 457 g/mol. The van der Waals surface area contributed by atoms with Crippen LogP contribution in [0.1, 0.15) is 11.3 Å². The van der Waals surface area contributed by atoms with E-state index in [1.807, 2.05) is 0 Å². The van der Waals surface area contributed by atoms with E-state index in [0.717, 1.165) is 4.90 Å². The van der Waals surface area contributed by atoms with Gasteiger partial charge in [0.1, 0.15) is 11.5 Å². The van der Waals surface area contributed by atoms with Crippen molar-refractivity contribution < 1.29 is 23.5 Å². The molecule has 9 heteroatoms. The Hall–Kier alpha value is -3.42. The summed E-state index contributed by atoms with van der Waals surface area (Å²) in [7, 11) is 0. The molecule has 0 fully saturated rings. The Balaban J connectivity index is 1.57. The number of anilines is 1. The zero-order valence-corrected chi connectivity index (χ0v) is 17.4. The molecule has 0 aliphatic carbocycles. The van der Waals surface area contributed by atoms with Crippen molar-refractivity contribution in [1.82, 2.24) is 4.90 Å². The van der Waals surface area contributed by atoms with Gasteiger partial charge < -0.3 is 19.2 Å². The normalized spacial score (nSPS) is 15.2. The first-order valence-electron chi connectivity index (χ1n) is 9.26. The fourth-order valence-electron chi connectivity index (χ4n) is 3.45. The van der Waals surface area contributed by atoms with Crippen molar-refractivity contribution in [2.24, 2.45) is 0 Å². The van der Waals surface area contributed by atoms with Crippen LogP contribution in [0.2, 0.25) is 10.0 Å². The first-order valence-corrected chi connectivity index (χ1v) is 10.0. The van der Waals surface area contributed by atoms with Crippen molar-refractivity contribution in [2.75, 3.05) is 12.1 Å². The molecule has 31 heavy (non-hydrogen) atoms. The third-order valence-corrected chi connectivity index (χ3v) is 5.45. The third-order valence-electron chi connectivity index (χ3n) is 4.90. The molecule has 0 atom stereocenters. The first-order chi connectivity index (χ1) is 15.0. The average Bonchev–Trinajstić information content (AvgIpc) is 3.47. The predicted molar refractivity (Wildman–Crippen MR) is 114 cm³/mol. The molecular formula is C22H14Cl2N2O5. The number of nitrogens with zero attached hydrogens (tertiary/aromatic N) is 1. The minimum atomic E-state index is -0.500. The minimum Gasteiger partial charge on any atom is -0.467 e. The van der Waals surface area contributed by atoms with E-state index < -0.39 is 11.8 Å². The highest BCUT2D eigenvalue weighted by Gasteiger charge is 2.40. The maximum absolute atomic E-state index is 13.3. The molecule has 2 amide bonds. The van der Waals surface area contributed by atoms with Crippen molar-refractivity contribution in [3.05, 3.63) is 81.9 Å². The number of fused-ring (bicyclic) bond motifs is 1. The maximum Gasteiger partial charge on any atom is 0.278 e. The van der Waals surface area contributed by atoms with E-state index in [9.17, 15) is 9.59 Å². The van der Waals surface area contributed by atoms with Crippen LogP contribution in [-0.4, -0.2) is 23.5 Å². The number of amides is 2. The van der Waals surface area contributed by atoms with Gasteiger partial charge in [0.25, 0.3) is 11.8 Å². The van der Waals surface area contributed by atoms with Crippen LogP contribution >= 0.6 is 23.2 Å². The molecule has 0 radical (unpaired) electrons. The Kier molecular flexibility index (Phi) is 4.84. The molecule has 3 aromatic rings. The van der Waals surface area contributed by atoms with Crippen molar-refractivity contribution >= 4 is 46.3 Å². The van der Waals surface area contributed by atoms with Crippen LogP contribution in [0.15, 0.2) is 64.9 Å². The Morgan fingerprint density at radius 2 is 1.81 bits per heavy atom. The van der Waals surface area contributed by atoms with Crippen LogP contribution < -0.4 is 14.8 Å². The van der Waals surface area contributed by atoms with Gasteiger partial charge in [-0.25, -0.2) is 0 Å². The summed E-state index contributed by atoms with van der Waals surface area (Å²) in [6.07, 6.45) is 1.48. The molecule has 2 aliphatic heterocycles. The van der Waals surface area contributed by atoms with E-state index in [2.05, 4.69) is 5.32 Å². The number of rotatable bonds is 5. The van der Waals surface area contributed by atoms with Gasteiger partial charge in [-0.1, -0.05) is 29.3 Å². The molecule has 0 saturated heterocycles. The summed E-state index contributed by atoms with van der Waals surface area (Å²) < 4.78 is 16.0. The number of halogens is 2. The summed E-state index contributed by atoms with van der Waals surface area (Å²) in [6.45, 7) is 0.118. The number of furan rings is 1. The van der Waals surface area contributed by atoms with Crippen molar-refractivity contribution in [3.8, 4) is 11.5 Å². The van der Waals surface area contributed by atoms with E-state index in [0.29, 0.717) is 33.5 Å². The highest BCUT2D eigenvalue weighted by Crippen LogP contribution is 2.38. The molecule has 156 valence electrons. The summed E-state index contributed by atoms with van der Waals surface area (Å²) >= 11 is 12.4. The van der Waals surface area contributed by atoms with Crippen LogP contribution in [-0.2, 0) is 16.1 Å². The number of hydrogen-bond donors (Lipinski definition) is 1. The Morgan fingerprint density at radius 3 is 2.58 bits per heavy atom. The standard InChI is InChI=1S/C22H14Cl2N2O5/c23-12-3-5-15(16(24)8-12)19-20(25-13-4-6-17-18(9-13)31-11-30-17)22(28)26(21(19)27)10-14-2-1-7-29-14/h1-9,25H,10-11H2. The maximum atomic E-state index is 13.3. The lowest BCUT2D eigenvalue weighted by atomic mass is 10.0. The van der Waals surface area contributed by atoms with Crippen molar-refractivity contribution in [3.63, 3.8) is 0 Å². The molecule has 0 spiro atoms. The number of carbonyl (C=O) groups is 2. The molecule has 7 nitrogen and oxygen atoms in total. The van der Waals surface area contributed by atoms with Crippen LogP contribution in [0.3, 0.4) is 0 Å². The second kappa shape index (κ2) is 7.68. The van der Waals surface area contributed by atoms with Crippen molar-refractivity contribution in [1.29, 1.82) is 0 Å². The lowest BCUT2D eigenvalue weighted by Gasteiger charge is -2.13. The molecule has 3 heterocycles. The zero-order chi connectivity index (χ0) is 21.5. The van der Waals surface area contributed by atoms with E-state index in [4.69, 9.17) is 37.1 Å². The number of ether oxygens (including phenoxy) is 2. The molecule has 0 bridgehead atoms. The first kappa shape index (κ1) is 19.5. The zero-order valence-electron chi connectivity index (χ0n) is 15.9. The number of nitrogens with one attached hydrogen (secondary N) is 1. The van der Waals surface area contributed by atoms with Gasteiger partial charge >= 0.3 is 0 Å². The number of imide groups is 1. The summed E-state index contributed by atoms with van der Waals surface area (Å²) in [6, 6.07) is 13.3. The predicted octanol–water partition coefficient (Wildman–Crippen LogP) is 4.71. The third kappa shape index (κ3) is 3.52. The smallest absolute Gasteiger partial charge is 0.278 e. The SMILES string of the molecule is O=C1C(Nc2ccc3c(c2)OCO3)=C(c2ccc(Cl)cc2Cl)C(=O)N1Cc1ccco1. The van der Waals surface area contributed by atoms with Crippen LogP contribution in [0.5, 0.6) is 11.5 Å². The molecule has 1 N–H and O–H groups in total. The second-order valence-electron chi connectivity index (χ2n) is 6.84. The Morgan fingerprint density at radius 1 is 0.968 bits per heavy atom. The van der Waals surface area contributed by atoms with Crippen LogP contribution in [0, 0.1) is 0 Å². The number of benzene rings is 2. The second-order valence-corrected chi connectivity index (χ2v) is 7.69. The minimum absolute atomic E-state index is 0.00824. The van der Waals surface area contributed by atoms with E-state index in [-0.39, 0.29) is 29.6 Å². The Bertz CT molecular complexity index is 1240. The van der Waals surface area contributed by atoms with Gasteiger partial charge in [-0.2, -0.15) is 0 Å². The summed E-state index contributed by atoms with van der Waals surface area (Å²) in [5.74, 6) is 0.635. The van der Waals surface area contributed by atoms with Gasteiger partial charge in [-0.15, -0.1) is 0 Å². The van der Waals surface area contributed by atoms with Gasteiger partial charge in [-0.05, 0) is 36.4 Å². The molecule has 0 saturated carbocycles.